The Labute approximate surface area is 194 Å². The van der Waals surface area contributed by atoms with Gasteiger partial charge >= 0.3 is 0 Å². The first-order chi connectivity index (χ1) is 15.3. The molecule has 0 bridgehead atoms. The van der Waals surface area contributed by atoms with Crippen LogP contribution < -0.4 is 0 Å². The van der Waals surface area contributed by atoms with E-state index in [9.17, 15) is 0 Å². The second-order valence-electron chi connectivity index (χ2n) is 10.2. The molecule has 1 aliphatic rings. The van der Waals surface area contributed by atoms with Crippen LogP contribution in [0.25, 0.3) is 0 Å². The lowest BCUT2D eigenvalue weighted by atomic mass is 9.91. The highest BCUT2D eigenvalue weighted by molar-refractivity contribution is 5.11. The van der Waals surface area contributed by atoms with Crippen LogP contribution in [0.1, 0.15) is 135 Å². The fraction of sp³-hybridized carbons (Fsp3) is 0.893. The van der Waals surface area contributed by atoms with E-state index in [2.05, 4.69) is 42.7 Å². The minimum absolute atomic E-state index is 0.722. The van der Waals surface area contributed by atoms with Gasteiger partial charge < -0.3 is 4.90 Å². The maximum Gasteiger partial charge on any atom is 0.0524 e. The third-order valence-electron chi connectivity index (χ3n) is 7.40. The molecule has 0 aromatic carbocycles. The maximum atomic E-state index is 4.77. The molecule has 1 unspecified atom stereocenters. The number of likely N-dealkylation sites (tertiary alicyclic amines) is 1. The zero-order valence-electron chi connectivity index (χ0n) is 21.3. The van der Waals surface area contributed by atoms with Crippen molar-refractivity contribution in [2.75, 3.05) is 19.6 Å². The first kappa shape index (κ1) is 26.4. The van der Waals surface area contributed by atoms with Crippen molar-refractivity contribution in [2.45, 2.75) is 136 Å². The summed E-state index contributed by atoms with van der Waals surface area (Å²) in [5.41, 5.74) is 1.50. The summed E-state index contributed by atoms with van der Waals surface area (Å²) in [6, 6.07) is 0. The van der Waals surface area contributed by atoms with Gasteiger partial charge in [0.15, 0.2) is 0 Å². The summed E-state index contributed by atoms with van der Waals surface area (Å²) in [6.45, 7) is 12.0. The predicted octanol–water partition coefficient (Wildman–Crippen LogP) is 8.20. The van der Waals surface area contributed by atoms with Gasteiger partial charge in [0, 0.05) is 12.7 Å². The van der Waals surface area contributed by atoms with Crippen LogP contribution in [0.5, 0.6) is 0 Å². The first-order valence-electron chi connectivity index (χ1n) is 14.0. The molecule has 2 heterocycles. The van der Waals surface area contributed by atoms with Gasteiger partial charge in [-0.15, -0.1) is 0 Å². The molecule has 1 aliphatic heterocycles. The number of aromatic nitrogens is 2. The molecule has 1 saturated heterocycles. The summed E-state index contributed by atoms with van der Waals surface area (Å²) in [5, 5.41) is 4.77. The molecule has 0 aliphatic carbocycles. The lowest BCUT2D eigenvalue weighted by Crippen LogP contribution is -2.35. The van der Waals surface area contributed by atoms with Crippen molar-refractivity contribution in [2.24, 2.45) is 5.92 Å². The van der Waals surface area contributed by atoms with Gasteiger partial charge in [-0.2, -0.15) is 5.10 Å². The summed E-state index contributed by atoms with van der Waals surface area (Å²) < 4.78 is 2.26. The Morgan fingerprint density at radius 3 is 2.13 bits per heavy atom. The van der Waals surface area contributed by atoms with Gasteiger partial charge in [-0.25, -0.2) is 0 Å². The number of hydrogen-bond donors (Lipinski definition) is 0. The van der Waals surface area contributed by atoms with Crippen LogP contribution in [0.15, 0.2) is 12.4 Å². The largest absolute Gasteiger partial charge is 0.303 e. The minimum Gasteiger partial charge on any atom is -0.303 e. The third-order valence-corrected chi connectivity index (χ3v) is 7.40. The van der Waals surface area contributed by atoms with E-state index in [4.69, 9.17) is 5.10 Å². The monoisotopic (exact) mass is 431 g/mol. The Balaban J connectivity index is 1.64. The molecule has 0 N–H and O–H groups in total. The molecule has 0 radical (unpaired) electrons. The first-order valence-corrected chi connectivity index (χ1v) is 14.0. The van der Waals surface area contributed by atoms with E-state index in [1.165, 1.54) is 128 Å². The van der Waals surface area contributed by atoms with Gasteiger partial charge in [0.1, 0.15) is 0 Å². The van der Waals surface area contributed by atoms with Crippen LogP contribution in [0.3, 0.4) is 0 Å². The Morgan fingerprint density at radius 2 is 1.45 bits per heavy atom. The second kappa shape index (κ2) is 16.8. The SMILES string of the molecule is CCCCCCCCCN1CCC(Cn2cc(C(CCC)CCCCCC)cn2)CC1. The van der Waals surface area contributed by atoms with E-state index in [1.54, 1.807) is 0 Å². The molecule has 180 valence electrons. The fourth-order valence-corrected chi connectivity index (χ4v) is 5.28. The average Bonchev–Trinajstić information content (AvgIpc) is 3.25. The Morgan fingerprint density at radius 1 is 0.806 bits per heavy atom. The van der Waals surface area contributed by atoms with Gasteiger partial charge in [0.05, 0.1) is 6.20 Å². The van der Waals surface area contributed by atoms with Gasteiger partial charge in [-0.05, 0) is 69.1 Å². The van der Waals surface area contributed by atoms with Crippen molar-refractivity contribution >= 4 is 0 Å². The van der Waals surface area contributed by atoms with Gasteiger partial charge in [-0.3, -0.25) is 4.68 Å². The number of unbranched alkanes of at least 4 members (excludes halogenated alkanes) is 9. The van der Waals surface area contributed by atoms with Crippen molar-refractivity contribution < 1.29 is 0 Å². The molecule has 31 heavy (non-hydrogen) atoms. The second-order valence-corrected chi connectivity index (χ2v) is 10.2. The van der Waals surface area contributed by atoms with Crippen LogP contribution in [-0.2, 0) is 6.54 Å². The normalized spacial score (nSPS) is 16.7. The number of rotatable bonds is 18. The highest BCUT2D eigenvalue weighted by Gasteiger charge is 2.20. The van der Waals surface area contributed by atoms with Crippen molar-refractivity contribution in [3.05, 3.63) is 18.0 Å². The number of nitrogens with zero attached hydrogens (tertiary/aromatic N) is 3. The lowest BCUT2D eigenvalue weighted by molar-refractivity contribution is 0.168. The minimum atomic E-state index is 0.722. The zero-order valence-corrected chi connectivity index (χ0v) is 21.3. The smallest absolute Gasteiger partial charge is 0.0524 e. The van der Waals surface area contributed by atoms with Crippen LogP contribution in [0.4, 0.5) is 0 Å². The summed E-state index contributed by atoms with van der Waals surface area (Å²) in [6.07, 6.45) is 26.6. The van der Waals surface area contributed by atoms with Crippen molar-refractivity contribution in [3.63, 3.8) is 0 Å². The highest BCUT2D eigenvalue weighted by atomic mass is 15.3. The van der Waals surface area contributed by atoms with Crippen LogP contribution in [0.2, 0.25) is 0 Å². The van der Waals surface area contributed by atoms with Crippen molar-refractivity contribution in [3.8, 4) is 0 Å². The van der Waals surface area contributed by atoms with E-state index in [-0.39, 0.29) is 0 Å². The standard InChI is InChI=1S/C28H53N3/c1-4-7-9-11-12-13-15-20-30-21-18-26(19-22-30)24-31-25-28(23-29-31)27(16-6-3)17-14-10-8-5-2/h23,25-27H,4-22,24H2,1-3H3. The quantitative estimate of drug-likeness (QED) is 0.218. The molecule has 2 rings (SSSR count). The van der Waals surface area contributed by atoms with E-state index in [1.807, 2.05) is 0 Å². The van der Waals surface area contributed by atoms with Gasteiger partial charge in [0.25, 0.3) is 0 Å². The van der Waals surface area contributed by atoms with E-state index < -0.39 is 0 Å². The molecule has 0 saturated carbocycles. The van der Waals surface area contributed by atoms with Crippen LogP contribution in [-0.4, -0.2) is 34.3 Å². The van der Waals surface area contributed by atoms with Crippen LogP contribution in [0, 0.1) is 5.92 Å². The zero-order chi connectivity index (χ0) is 22.2. The van der Waals surface area contributed by atoms with Gasteiger partial charge in [0.2, 0.25) is 0 Å². The molecular formula is C28H53N3. The molecule has 1 aromatic heterocycles. The summed E-state index contributed by atoms with van der Waals surface area (Å²) in [7, 11) is 0. The molecule has 1 atom stereocenters. The number of hydrogen-bond acceptors (Lipinski definition) is 2. The van der Waals surface area contributed by atoms with Crippen molar-refractivity contribution in [1.29, 1.82) is 0 Å². The lowest BCUT2D eigenvalue weighted by Gasteiger charge is -2.31. The molecule has 3 heteroatoms. The van der Waals surface area contributed by atoms with Crippen LogP contribution >= 0.6 is 0 Å². The van der Waals surface area contributed by atoms with E-state index >= 15 is 0 Å². The summed E-state index contributed by atoms with van der Waals surface area (Å²) in [4.78, 5) is 2.71. The molecule has 3 nitrogen and oxygen atoms in total. The Bertz CT molecular complexity index is 530. The Kier molecular flexibility index (Phi) is 14.3. The molecule has 0 amide bonds. The average molecular weight is 432 g/mol. The van der Waals surface area contributed by atoms with E-state index in [0.717, 1.165) is 18.4 Å². The Hall–Kier alpha value is -0.830. The van der Waals surface area contributed by atoms with E-state index in [0.29, 0.717) is 0 Å². The van der Waals surface area contributed by atoms with Crippen molar-refractivity contribution in [1.82, 2.24) is 14.7 Å². The third kappa shape index (κ3) is 11.0. The topological polar surface area (TPSA) is 21.1 Å². The molecular weight excluding hydrogens is 378 g/mol. The number of piperidine rings is 1. The summed E-state index contributed by atoms with van der Waals surface area (Å²) >= 11 is 0. The maximum absolute atomic E-state index is 4.77. The molecule has 0 spiro atoms. The predicted molar refractivity (Wildman–Crippen MR) is 136 cm³/mol. The fourth-order valence-electron chi connectivity index (χ4n) is 5.28. The molecule has 1 aromatic rings. The molecule has 1 fully saturated rings. The highest BCUT2D eigenvalue weighted by Crippen LogP contribution is 2.28. The summed E-state index contributed by atoms with van der Waals surface area (Å²) in [5.74, 6) is 1.53. The van der Waals surface area contributed by atoms with Gasteiger partial charge in [-0.1, -0.05) is 91.4 Å².